The second-order valence-corrected chi connectivity index (χ2v) is 9.51. The molecular formula is C29H32Cl2N4O. The Hall–Kier alpha value is -2.99. The van der Waals surface area contributed by atoms with Crippen molar-refractivity contribution in [3.8, 4) is 5.75 Å². The number of aryl methyl sites for hydroxylation is 1. The molecule has 1 aromatic heterocycles. The van der Waals surface area contributed by atoms with Gasteiger partial charge in [-0.2, -0.15) is 5.10 Å². The zero-order valence-corrected chi connectivity index (χ0v) is 22.1. The molecule has 0 bridgehead atoms. The second kappa shape index (κ2) is 12.3. The highest BCUT2D eigenvalue weighted by molar-refractivity contribution is 6.30. The van der Waals surface area contributed by atoms with E-state index < -0.39 is 0 Å². The fourth-order valence-corrected chi connectivity index (χ4v) is 4.69. The number of anilines is 1. The molecule has 1 fully saturated rings. The van der Waals surface area contributed by atoms with Crippen molar-refractivity contribution in [2.24, 2.45) is 0 Å². The number of halogens is 2. The molecule has 4 aromatic rings. The van der Waals surface area contributed by atoms with E-state index in [2.05, 4.69) is 65.3 Å². The molecule has 0 unspecified atom stereocenters. The fraction of sp³-hybridized carbons (Fsp3) is 0.276. The van der Waals surface area contributed by atoms with Crippen molar-refractivity contribution in [3.63, 3.8) is 0 Å². The van der Waals surface area contributed by atoms with Crippen molar-refractivity contribution in [2.45, 2.75) is 26.6 Å². The highest BCUT2D eigenvalue weighted by atomic mass is 35.5. The molecule has 7 heteroatoms. The van der Waals surface area contributed by atoms with Crippen LogP contribution in [0.1, 0.15) is 22.4 Å². The van der Waals surface area contributed by atoms with E-state index in [1.165, 1.54) is 5.56 Å². The molecule has 188 valence electrons. The van der Waals surface area contributed by atoms with E-state index in [1.807, 2.05) is 41.1 Å². The molecule has 0 saturated carbocycles. The lowest BCUT2D eigenvalue weighted by molar-refractivity contribution is 0.249. The molecule has 36 heavy (non-hydrogen) atoms. The number of hydrogen-bond donors (Lipinski definition) is 0. The number of ether oxygens (including phenoxy) is 1. The van der Waals surface area contributed by atoms with Gasteiger partial charge in [0.1, 0.15) is 12.4 Å². The maximum Gasteiger partial charge on any atom is 0.150 e. The van der Waals surface area contributed by atoms with Crippen LogP contribution in [0.15, 0.2) is 84.9 Å². The minimum absolute atomic E-state index is 0. The standard InChI is InChI=1S/C29H31ClN4O.ClH/c1-23-18-29(33-16-14-32(15-17-33)20-24-8-4-2-5-9-24)31-34(23)21-26-19-27(30)12-13-28(26)35-22-25-10-6-3-7-11-25;/h2-13,18-19H,14-17,20-22H2,1H3;1H. The van der Waals surface area contributed by atoms with Crippen LogP contribution in [0.3, 0.4) is 0 Å². The van der Waals surface area contributed by atoms with Crippen molar-refractivity contribution in [1.82, 2.24) is 14.7 Å². The lowest BCUT2D eigenvalue weighted by Gasteiger charge is -2.34. The molecule has 0 spiro atoms. The molecular weight excluding hydrogens is 491 g/mol. The maximum atomic E-state index is 6.34. The minimum Gasteiger partial charge on any atom is -0.489 e. The Kier molecular flexibility index (Phi) is 8.92. The van der Waals surface area contributed by atoms with E-state index in [-0.39, 0.29) is 12.4 Å². The van der Waals surface area contributed by atoms with E-state index in [0.717, 1.165) is 61.1 Å². The summed E-state index contributed by atoms with van der Waals surface area (Å²) in [4.78, 5) is 4.90. The summed E-state index contributed by atoms with van der Waals surface area (Å²) >= 11 is 6.34. The molecule has 5 nitrogen and oxygen atoms in total. The monoisotopic (exact) mass is 522 g/mol. The largest absolute Gasteiger partial charge is 0.489 e. The molecule has 0 N–H and O–H groups in total. The van der Waals surface area contributed by atoms with Gasteiger partial charge in [0.05, 0.1) is 6.54 Å². The zero-order valence-electron chi connectivity index (χ0n) is 20.5. The molecule has 2 heterocycles. The Morgan fingerprint density at radius 3 is 2.17 bits per heavy atom. The summed E-state index contributed by atoms with van der Waals surface area (Å²) in [7, 11) is 0. The van der Waals surface area contributed by atoms with Crippen molar-refractivity contribution in [1.29, 1.82) is 0 Å². The predicted molar refractivity (Wildman–Crippen MR) is 149 cm³/mol. The van der Waals surface area contributed by atoms with Crippen molar-refractivity contribution in [2.75, 3.05) is 31.1 Å². The van der Waals surface area contributed by atoms with E-state index in [0.29, 0.717) is 18.2 Å². The average molecular weight is 524 g/mol. The first-order chi connectivity index (χ1) is 17.1. The van der Waals surface area contributed by atoms with Gasteiger partial charge in [0, 0.05) is 55.1 Å². The van der Waals surface area contributed by atoms with Gasteiger partial charge in [0.2, 0.25) is 0 Å². The van der Waals surface area contributed by atoms with Gasteiger partial charge in [-0.05, 0) is 36.2 Å². The van der Waals surface area contributed by atoms with E-state index >= 15 is 0 Å². The van der Waals surface area contributed by atoms with Gasteiger partial charge in [0.25, 0.3) is 0 Å². The molecule has 0 radical (unpaired) electrons. The van der Waals surface area contributed by atoms with E-state index in [1.54, 1.807) is 0 Å². The van der Waals surface area contributed by atoms with E-state index in [4.69, 9.17) is 21.4 Å². The smallest absolute Gasteiger partial charge is 0.150 e. The van der Waals surface area contributed by atoms with Crippen LogP contribution in [0.2, 0.25) is 5.02 Å². The van der Waals surface area contributed by atoms with Crippen molar-refractivity contribution in [3.05, 3.63) is 112 Å². The SMILES string of the molecule is Cc1cc(N2CCN(Cc3ccccc3)CC2)nn1Cc1cc(Cl)ccc1OCc1ccccc1.Cl. The van der Waals surface area contributed by atoms with Gasteiger partial charge in [-0.3, -0.25) is 9.58 Å². The third-order valence-electron chi connectivity index (χ3n) is 6.49. The molecule has 3 aromatic carbocycles. The summed E-state index contributed by atoms with van der Waals surface area (Å²) in [6.45, 7) is 8.27. The molecule has 0 amide bonds. The lowest BCUT2D eigenvalue weighted by atomic mass is 10.2. The molecule has 1 saturated heterocycles. The summed E-state index contributed by atoms with van der Waals surface area (Å²) in [5.74, 6) is 1.87. The number of hydrogen-bond acceptors (Lipinski definition) is 4. The first-order valence-electron chi connectivity index (χ1n) is 12.1. The van der Waals surface area contributed by atoms with Gasteiger partial charge in [-0.1, -0.05) is 72.3 Å². The van der Waals surface area contributed by atoms with Crippen LogP contribution in [0.5, 0.6) is 5.75 Å². The number of aromatic nitrogens is 2. The summed E-state index contributed by atoms with van der Waals surface area (Å²) in [6.07, 6.45) is 0. The lowest BCUT2D eigenvalue weighted by Crippen LogP contribution is -2.46. The number of benzene rings is 3. The average Bonchev–Trinajstić information content (AvgIpc) is 3.25. The molecule has 1 aliphatic rings. The highest BCUT2D eigenvalue weighted by Crippen LogP contribution is 2.26. The second-order valence-electron chi connectivity index (χ2n) is 9.08. The van der Waals surface area contributed by atoms with Gasteiger partial charge in [0.15, 0.2) is 5.82 Å². The minimum atomic E-state index is 0. The van der Waals surface area contributed by atoms with Gasteiger partial charge >= 0.3 is 0 Å². The van der Waals surface area contributed by atoms with Crippen LogP contribution >= 0.6 is 24.0 Å². The molecule has 0 atom stereocenters. The predicted octanol–water partition coefficient (Wildman–Crippen LogP) is 6.22. The van der Waals surface area contributed by atoms with Crippen molar-refractivity contribution < 1.29 is 4.74 Å². The van der Waals surface area contributed by atoms with Gasteiger partial charge < -0.3 is 9.64 Å². The molecule has 5 rings (SSSR count). The summed E-state index contributed by atoms with van der Waals surface area (Å²) < 4.78 is 8.21. The van der Waals surface area contributed by atoms with Crippen molar-refractivity contribution >= 4 is 29.8 Å². The number of piperazine rings is 1. The number of rotatable bonds is 8. The molecule has 0 aliphatic carbocycles. The van der Waals surface area contributed by atoms with Gasteiger partial charge in [-0.25, -0.2) is 0 Å². The Balaban J connectivity index is 0.00000304. The van der Waals surface area contributed by atoms with Gasteiger partial charge in [-0.15, -0.1) is 12.4 Å². The quantitative estimate of drug-likeness (QED) is 0.275. The van der Waals surface area contributed by atoms with Crippen LogP contribution in [-0.2, 0) is 19.7 Å². The summed E-state index contributed by atoms with van der Waals surface area (Å²) in [6, 6.07) is 28.9. The van der Waals surface area contributed by atoms with E-state index in [9.17, 15) is 0 Å². The third-order valence-corrected chi connectivity index (χ3v) is 6.73. The third kappa shape index (κ3) is 6.61. The van der Waals surface area contributed by atoms with Crippen LogP contribution < -0.4 is 9.64 Å². The summed E-state index contributed by atoms with van der Waals surface area (Å²) in [5.41, 5.74) is 4.66. The Labute approximate surface area is 224 Å². The first-order valence-corrected chi connectivity index (χ1v) is 12.5. The Morgan fingerprint density at radius 1 is 0.806 bits per heavy atom. The summed E-state index contributed by atoms with van der Waals surface area (Å²) in [5, 5.41) is 5.65. The Morgan fingerprint density at radius 2 is 1.47 bits per heavy atom. The topological polar surface area (TPSA) is 33.5 Å². The van der Waals surface area contributed by atoms with Crippen LogP contribution in [0.4, 0.5) is 5.82 Å². The van der Waals surface area contributed by atoms with Crippen LogP contribution in [-0.4, -0.2) is 40.9 Å². The molecule has 1 aliphatic heterocycles. The Bertz CT molecular complexity index is 1240. The maximum absolute atomic E-state index is 6.34. The highest BCUT2D eigenvalue weighted by Gasteiger charge is 2.20. The fourth-order valence-electron chi connectivity index (χ4n) is 4.49. The van der Waals surface area contributed by atoms with Crippen LogP contribution in [0.25, 0.3) is 0 Å². The first kappa shape index (κ1) is 26.1. The van der Waals surface area contributed by atoms with Crippen LogP contribution in [0, 0.1) is 6.92 Å². The normalized spacial score (nSPS) is 13.9. The zero-order chi connectivity index (χ0) is 24.0. The number of nitrogens with zero attached hydrogens (tertiary/aromatic N) is 4.